The van der Waals surface area contributed by atoms with Gasteiger partial charge in [-0.1, -0.05) is 41.5 Å². The predicted molar refractivity (Wildman–Crippen MR) is 99.4 cm³/mol. The zero-order chi connectivity index (χ0) is 18.2. The van der Waals surface area contributed by atoms with Crippen molar-refractivity contribution in [3.63, 3.8) is 0 Å². The van der Waals surface area contributed by atoms with Crippen molar-refractivity contribution in [2.45, 2.75) is 73.3 Å². The third kappa shape index (κ3) is 9.75. The number of Topliss-reactive ketones (excluding diaryl/α,β-unsaturated/α-hetero) is 1. The van der Waals surface area contributed by atoms with E-state index in [0.717, 1.165) is 52.3 Å². The van der Waals surface area contributed by atoms with Crippen molar-refractivity contribution in [3.8, 4) is 0 Å². The largest absolute Gasteiger partial charge is 0.380 e. The quantitative estimate of drug-likeness (QED) is 0.596. The van der Waals surface area contributed by atoms with Crippen LogP contribution >= 0.6 is 0 Å². The molecule has 1 aliphatic heterocycles. The molecule has 1 saturated heterocycles. The molecule has 0 saturated carbocycles. The van der Waals surface area contributed by atoms with E-state index in [4.69, 9.17) is 9.47 Å². The van der Waals surface area contributed by atoms with Gasteiger partial charge in [-0.15, -0.1) is 0 Å². The van der Waals surface area contributed by atoms with E-state index < -0.39 is 0 Å². The zero-order valence-corrected chi connectivity index (χ0v) is 16.8. The molecule has 4 nitrogen and oxygen atoms in total. The molecule has 24 heavy (non-hydrogen) atoms. The summed E-state index contributed by atoms with van der Waals surface area (Å²) in [5, 5.41) is 0. The number of ketones is 1. The second-order valence-electron chi connectivity index (χ2n) is 9.28. The van der Waals surface area contributed by atoms with Crippen molar-refractivity contribution in [1.29, 1.82) is 0 Å². The van der Waals surface area contributed by atoms with E-state index in [0.29, 0.717) is 17.6 Å². The van der Waals surface area contributed by atoms with Crippen LogP contribution in [0.15, 0.2) is 0 Å². The van der Waals surface area contributed by atoms with Crippen molar-refractivity contribution >= 4 is 5.78 Å². The molecule has 0 radical (unpaired) electrons. The van der Waals surface area contributed by atoms with Gasteiger partial charge in [0.05, 0.1) is 19.3 Å². The molecule has 0 bridgehead atoms. The molecule has 0 aromatic rings. The summed E-state index contributed by atoms with van der Waals surface area (Å²) >= 11 is 0. The number of ether oxygens (including phenoxy) is 2. The van der Waals surface area contributed by atoms with E-state index in [-0.39, 0.29) is 11.5 Å². The lowest BCUT2D eigenvalue weighted by molar-refractivity contribution is -0.127. The van der Waals surface area contributed by atoms with Gasteiger partial charge in [0.1, 0.15) is 5.78 Å². The van der Waals surface area contributed by atoms with Crippen molar-refractivity contribution in [1.82, 2.24) is 4.90 Å². The average Bonchev–Trinajstić information content (AvgIpc) is 2.46. The number of carbonyl (C=O) groups excluding carboxylic acids is 1. The molecule has 1 aliphatic rings. The summed E-state index contributed by atoms with van der Waals surface area (Å²) in [5.74, 6) is 0.324. The first-order valence-electron chi connectivity index (χ1n) is 9.53. The molecule has 1 heterocycles. The first-order chi connectivity index (χ1) is 11.1. The van der Waals surface area contributed by atoms with Gasteiger partial charge < -0.3 is 9.47 Å². The van der Waals surface area contributed by atoms with Crippen LogP contribution in [0.4, 0.5) is 0 Å². The van der Waals surface area contributed by atoms with E-state index >= 15 is 0 Å². The Labute approximate surface area is 149 Å². The maximum atomic E-state index is 12.0. The number of carbonyl (C=O) groups is 1. The maximum absolute atomic E-state index is 12.0. The Balaban J connectivity index is 2.14. The highest BCUT2D eigenvalue weighted by Gasteiger charge is 2.25. The van der Waals surface area contributed by atoms with Gasteiger partial charge in [-0.3, -0.25) is 9.69 Å². The van der Waals surface area contributed by atoms with Crippen LogP contribution in [0.25, 0.3) is 0 Å². The number of morpholine rings is 1. The molecule has 0 unspecified atom stereocenters. The fraction of sp³-hybridized carbons (Fsp3) is 0.950. The number of hydrogen-bond acceptors (Lipinski definition) is 4. The third-order valence-electron chi connectivity index (χ3n) is 4.52. The molecule has 0 aliphatic carbocycles. The van der Waals surface area contributed by atoms with E-state index in [1.54, 1.807) is 0 Å². The third-order valence-corrected chi connectivity index (χ3v) is 4.52. The number of nitrogens with zero attached hydrogens (tertiary/aromatic N) is 1. The minimum Gasteiger partial charge on any atom is -0.380 e. The fourth-order valence-electron chi connectivity index (χ4n) is 2.83. The lowest BCUT2D eigenvalue weighted by Gasteiger charge is -2.33. The topological polar surface area (TPSA) is 38.8 Å². The minimum absolute atomic E-state index is 0.186. The van der Waals surface area contributed by atoms with Crippen LogP contribution in [-0.2, 0) is 14.3 Å². The van der Waals surface area contributed by atoms with E-state index in [1.165, 1.54) is 6.42 Å². The molecule has 0 aromatic carbocycles. The summed E-state index contributed by atoms with van der Waals surface area (Å²) in [7, 11) is 0. The Kier molecular flexibility index (Phi) is 8.89. The van der Waals surface area contributed by atoms with Crippen molar-refractivity contribution in [3.05, 3.63) is 0 Å². The van der Waals surface area contributed by atoms with Gasteiger partial charge in [0.2, 0.25) is 0 Å². The molecule has 0 amide bonds. The van der Waals surface area contributed by atoms with Crippen LogP contribution in [0.3, 0.4) is 0 Å². The summed E-state index contributed by atoms with van der Waals surface area (Å²) < 4.78 is 11.6. The van der Waals surface area contributed by atoms with Gasteiger partial charge in [-0.05, 0) is 24.7 Å². The van der Waals surface area contributed by atoms with Crippen LogP contribution in [0.2, 0.25) is 0 Å². The predicted octanol–water partition coefficient (Wildman–Crippen LogP) is 3.93. The highest BCUT2D eigenvalue weighted by molar-refractivity contribution is 5.83. The smallest absolute Gasteiger partial charge is 0.138 e. The standard InChI is InChI=1S/C20H39NO3/c1-19(2,3)10-7-13-23-14-11-21-12-15-24-17(16-21)8-9-18(22)20(4,5)6/h17H,7-16H2,1-6H3/t17-/m0/s1. The summed E-state index contributed by atoms with van der Waals surface area (Å²) in [6.45, 7) is 18.0. The van der Waals surface area contributed by atoms with E-state index in [9.17, 15) is 4.79 Å². The second-order valence-corrected chi connectivity index (χ2v) is 9.28. The Morgan fingerprint density at radius 2 is 1.88 bits per heavy atom. The average molecular weight is 342 g/mol. The lowest BCUT2D eigenvalue weighted by Crippen LogP contribution is -2.44. The zero-order valence-electron chi connectivity index (χ0n) is 16.8. The lowest BCUT2D eigenvalue weighted by atomic mass is 9.87. The first-order valence-corrected chi connectivity index (χ1v) is 9.53. The van der Waals surface area contributed by atoms with Gasteiger partial charge in [0.25, 0.3) is 0 Å². The van der Waals surface area contributed by atoms with Gasteiger partial charge in [-0.2, -0.15) is 0 Å². The van der Waals surface area contributed by atoms with Gasteiger partial charge >= 0.3 is 0 Å². The van der Waals surface area contributed by atoms with Crippen LogP contribution in [0.5, 0.6) is 0 Å². The van der Waals surface area contributed by atoms with E-state index in [2.05, 4.69) is 25.7 Å². The molecule has 142 valence electrons. The number of rotatable bonds is 9. The summed E-state index contributed by atoms with van der Waals surface area (Å²) in [5.41, 5.74) is 0.153. The SMILES string of the molecule is CC(C)(C)CCCOCCN1CCO[C@@H](CCC(=O)C(C)(C)C)C1. The van der Waals surface area contributed by atoms with Crippen molar-refractivity contribution in [2.24, 2.45) is 10.8 Å². The van der Waals surface area contributed by atoms with Crippen LogP contribution in [0, 0.1) is 10.8 Å². The molecule has 1 rings (SSSR count). The monoisotopic (exact) mass is 341 g/mol. The Morgan fingerprint density at radius 3 is 2.50 bits per heavy atom. The summed E-state index contributed by atoms with van der Waals surface area (Å²) in [6, 6.07) is 0. The minimum atomic E-state index is -0.241. The molecule has 4 heteroatoms. The normalized spacial score (nSPS) is 20.3. The summed E-state index contributed by atoms with van der Waals surface area (Å²) in [6.07, 6.45) is 3.97. The Bertz CT molecular complexity index is 368. The maximum Gasteiger partial charge on any atom is 0.138 e. The number of hydrogen-bond donors (Lipinski definition) is 0. The first kappa shape index (κ1) is 21.6. The second kappa shape index (κ2) is 9.88. The van der Waals surface area contributed by atoms with E-state index in [1.807, 2.05) is 20.8 Å². The van der Waals surface area contributed by atoms with Gasteiger partial charge in [0, 0.05) is 38.1 Å². The van der Waals surface area contributed by atoms with Crippen LogP contribution < -0.4 is 0 Å². The highest BCUT2D eigenvalue weighted by Crippen LogP contribution is 2.21. The van der Waals surface area contributed by atoms with Crippen molar-refractivity contribution < 1.29 is 14.3 Å². The molecular formula is C20H39NO3. The molecule has 0 aromatic heterocycles. The fourth-order valence-corrected chi connectivity index (χ4v) is 2.83. The molecule has 0 N–H and O–H groups in total. The van der Waals surface area contributed by atoms with Crippen molar-refractivity contribution in [2.75, 3.05) is 39.5 Å². The summed E-state index contributed by atoms with van der Waals surface area (Å²) in [4.78, 5) is 14.4. The Hall–Kier alpha value is -0.450. The van der Waals surface area contributed by atoms with Crippen LogP contribution in [-0.4, -0.2) is 56.2 Å². The highest BCUT2D eigenvalue weighted by atomic mass is 16.5. The van der Waals surface area contributed by atoms with Gasteiger partial charge in [-0.25, -0.2) is 0 Å². The molecule has 0 spiro atoms. The van der Waals surface area contributed by atoms with Gasteiger partial charge in [0.15, 0.2) is 0 Å². The van der Waals surface area contributed by atoms with Crippen LogP contribution in [0.1, 0.15) is 67.2 Å². The Morgan fingerprint density at radius 1 is 1.17 bits per heavy atom. The molecule has 1 atom stereocenters. The molecular weight excluding hydrogens is 302 g/mol. The molecule has 1 fully saturated rings.